The molecule has 64 valence electrons. The Balaban J connectivity index is 2.23. The van der Waals surface area contributed by atoms with Gasteiger partial charge in [0.2, 0.25) is 0 Å². The van der Waals surface area contributed by atoms with Crippen LogP contribution in [0.3, 0.4) is 0 Å². The second kappa shape index (κ2) is 3.26. The zero-order valence-electron chi connectivity index (χ0n) is 7.31. The van der Waals surface area contributed by atoms with E-state index in [4.69, 9.17) is 0 Å². The third kappa shape index (κ3) is 1.36. The highest BCUT2D eigenvalue weighted by Crippen LogP contribution is 2.28. The van der Waals surface area contributed by atoms with Crippen LogP contribution in [0, 0.1) is 0 Å². The topological polar surface area (TPSA) is 17.1 Å². The van der Waals surface area contributed by atoms with Crippen LogP contribution in [-0.2, 0) is 4.79 Å². The number of hydrogen-bond donors (Lipinski definition) is 0. The molecule has 0 amide bonds. The first kappa shape index (κ1) is 7.78. The first-order valence-electron chi connectivity index (χ1n) is 4.80. The largest absolute Gasteiger partial charge is 0.295 e. The Hall–Kier alpha value is -0.850. The molecular formula is C11H14O. The molecule has 0 radical (unpaired) electrons. The first-order valence-corrected chi connectivity index (χ1v) is 4.80. The van der Waals surface area contributed by atoms with Gasteiger partial charge in [0.25, 0.3) is 0 Å². The van der Waals surface area contributed by atoms with E-state index >= 15 is 0 Å². The lowest BCUT2D eigenvalue weighted by Gasteiger charge is -2.10. The summed E-state index contributed by atoms with van der Waals surface area (Å²) in [5, 5.41) is 0. The molecule has 2 aliphatic rings. The fraction of sp³-hybridized carbons (Fsp3) is 0.545. The summed E-state index contributed by atoms with van der Waals surface area (Å²) in [4.78, 5) is 11.6. The number of carbonyl (C=O) groups excluding carboxylic acids is 1. The van der Waals surface area contributed by atoms with Crippen LogP contribution in [0.15, 0.2) is 23.3 Å². The molecule has 0 fully saturated rings. The summed E-state index contributed by atoms with van der Waals surface area (Å²) in [6.45, 7) is 0. The van der Waals surface area contributed by atoms with E-state index in [-0.39, 0.29) is 0 Å². The highest BCUT2D eigenvalue weighted by molar-refractivity contribution is 5.97. The van der Waals surface area contributed by atoms with Crippen molar-refractivity contribution in [3.05, 3.63) is 23.3 Å². The second-order valence-electron chi connectivity index (χ2n) is 3.59. The van der Waals surface area contributed by atoms with Gasteiger partial charge in [-0.15, -0.1) is 0 Å². The Labute approximate surface area is 73.2 Å². The summed E-state index contributed by atoms with van der Waals surface area (Å²) in [6, 6.07) is 0. The third-order valence-corrected chi connectivity index (χ3v) is 2.72. The van der Waals surface area contributed by atoms with Crippen LogP contribution in [0.2, 0.25) is 0 Å². The summed E-state index contributed by atoms with van der Waals surface area (Å²) in [7, 11) is 0. The van der Waals surface area contributed by atoms with Crippen LogP contribution in [0.25, 0.3) is 0 Å². The average molecular weight is 162 g/mol. The molecule has 0 bridgehead atoms. The number of allylic oxidation sites excluding steroid dienone is 4. The van der Waals surface area contributed by atoms with Gasteiger partial charge in [-0.2, -0.15) is 0 Å². The van der Waals surface area contributed by atoms with E-state index in [1.54, 1.807) is 0 Å². The Morgan fingerprint density at radius 1 is 1.08 bits per heavy atom. The molecule has 0 saturated carbocycles. The molecule has 1 heteroatoms. The van der Waals surface area contributed by atoms with Crippen molar-refractivity contribution in [1.29, 1.82) is 0 Å². The maximum absolute atomic E-state index is 11.6. The predicted octanol–water partition coefficient (Wildman–Crippen LogP) is 2.78. The van der Waals surface area contributed by atoms with Gasteiger partial charge in [0, 0.05) is 12.0 Å². The molecule has 1 nitrogen and oxygen atoms in total. The van der Waals surface area contributed by atoms with Crippen LogP contribution < -0.4 is 0 Å². The van der Waals surface area contributed by atoms with Gasteiger partial charge in [-0.1, -0.05) is 18.6 Å². The van der Waals surface area contributed by atoms with Crippen LogP contribution in [0.1, 0.15) is 38.5 Å². The number of carbonyl (C=O) groups is 1. The molecule has 2 aliphatic carbocycles. The van der Waals surface area contributed by atoms with Gasteiger partial charge in [-0.3, -0.25) is 4.79 Å². The quantitative estimate of drug-likeness (QED) is 0.535. The number of hydrogen-bond acceptors (Lipinski definition) is 1. The van der Waals surface area contributed by atoms with Crippen LogP contribution in [0.4, 0.5) is 0 Å². The number of Topliss-reactive ketones (excluding diaryl/α,β-unsaturated/α-hetero) is 1. The normalized spacial score (nSPS) is 23.8. The van der Waals surface area contributed by atoms with E-state index in [2.05, 4.69) is 12.2 Å². The molecule has 0 N–H and O–H groups in total. The van der Waals surface area contributed by atoms with E-state index < -0.39 is 0 Å². The van der Waals surface area contributed by atoms with E-state index in [1.807, 2.05) is 0 Å². The molecule has 0 saturated heterocycles. The molecule has 0 atom stereocenters. The fourth-order valence-corrected chi connectivity index (χ4v) is 2.01. The lowest BCUT2D eigenvalue weighted by atomic mass is 9.94. The Kier molecular flexibility index (Phi) is 2.11. The maximum atomic E-state index is 11.6. The Bertz CT molecular complexity index is 258. The summed E-state index contributed by atoms with van der Waals surface area (Å²) in [5.41, 5.74) is 2.43. The van der Waals surface area contributed by atoms with Crippen molar-refractivity contribution >= 4 is 5.78 Å². The van der Waals surface area contributed by atoms with Gasteiger partial charge in [0.15, 0.2) is 5.78 Å². The van der Waals surface area contributed by atoms with Crippen LogP contribution in [0.5, 0.6) is 0 Å². The average Bonchev–Trinajstić information content (AvgIpc) is 2.47. The second-order valence-corrected chi connectivity index (χ2v) is 3.59. The molecular weight excluding hydrogens is 148 g/mol. The van der Waals surface area contributed by atoms with Crippen molar-refractivity contribution in [2.45, 2.75) is 38.5 Å². The smallest absolute Gasteiger partial charge is 0.159 e. The standard InChI is InChI=1S/C11H14O/c12-11-8-3-1-2-5-9-6-4-7-10(9)11/h4,6H,1-3,5,7-8H2. The monoisotopic (exact) mass is 162 g/mol. The minimum atomic E-state index is 0.398. The Morgan fingerprint density at radius 2 is 1.92 bits per heavy atom. The third-order valence-electron chi connectivity index (χ3n) is 2.72. The molecule has 0 aromatic rings. The van der Waals surface area contributed by atoms with E-state index in [0.717, 1.165) is 31.3 Å². The SMILES string of the molecule is O=C1CCCCCC2=C1CC=C2. The molecule has 0 aromatic heterocycles. The summed E-state index contributed by atoms with van der Waals surface area (Å²) in [6.07, 6.45) is 10.6. The zero-order valence-corrected chi connectivity index (χ0v) is 7.31. The van der Waals surface area contributed by atoms with Crippen LogP contribution >= 0.6 is 0 Å². The number of rotatable bonds is 0. The number of ketones is 1. The minimum Gasteiger partial charge on any atom is -0.295 e. The van der Waals surface area contributed by atoms with Crippen molar-refractivity contribution in [2.75, 3.05) is 0 Å². The highest BCUT2D eigenvalue weighted by atomic mass is 16.1. The van der Waals surface area contributed by atoms with Crippen molar-refractivity contribution < 1.29 is 4.79 Å². The van der Waals surface area contributed by atoms with Gasteiger partial charge >= 0.3 is 0 Å². The van der Waals surface area contributed by atoms with Crippen LogP contribution in [-0.4, -0.2) is 5.78 Å². The summed E-state index contributed by atoms with van der Waals surface area (Å²) in [5.74, 6) is 0.398. The predicted molar refractivity (Wildman–Crippen MR) is 48.9 cm³/mol. The van der Waals surface area contributed by atoms with E-state index in [1.165, 1.54) is 18.4 Å². The minimum absolute atomic E-state index is 0.398. The van der Waals surface area contributed by atoms with Crippen molar-refractivity contribution in [1.82, 2.24) is 0 Å². The van der Waals surface area contributed by atoms with Gasteiger partial charge in [-0.05, 0) is 31.3 Å². The molecule has 0 unspecified atom stereocenters. The zero-order chi connectivity index (χ0) is 8.39. The molecule has 2 rings (SSSR count). The molecule has 0 spiro atoms. The summed E-state index contributed by atoms with van der Waals surface area (Å²) < 4.78 is 0. The van der Waals surface area contributed by atoms with Gasteiger partial charge in [0.05, 0.1) is 0 Å². The van der Waals surface area contributed by atoms with Crippen molar-refractivity contribution in [3.63, 3.8) is 0 Å². The summed E-state index contributed by atoms with van der Waals surface area (Å²) >= 11 is 0. The van der Waals surface area contributed by atoms with Gasteiger partial charge in [0.1, 0.15) is 0 Å². The molecule has 0 aromatic carbocycles. The first-order chi connectivity index (χ1) is 5.88. The van der Waals surface area contributed by atoms with Gasteiger partial charge in [-0.25, -0.2) is 0 Å². The Morgan fingerprint density at radius 3 is 2.83 bits per heavy atom. The maximum Gasteiger partial charge on any atom is 0.159 e. The van der Waals surface area contributed by atoms with E-state index in [0.29, 0.717) is 5.78 Å². The van der Waals surface area contributed by atoms with Crippen molar-refractivity contribution in [3.8, 4) is 0 Å². The van der Waals surface area contributed by atoms with Gasteiger partial charge < -0.3 is 0 Å². The lowest BCUT2D eigenvalue weighted by molar-refractivity contribution is -0.115. The molecule has 0 heterocycles. The highest BCUT2D eigenvalue weighted by Gasteiger charge is 2.17. The fourth-order valence-electron chi connectivity index (χ4n) is 2.01. The van der Waals surface area contributed by atoms with E-state index in [9.17, 15) is 4.79 Å². The lowest BCUT2D eigenvalue weighted by Crippen LogP contribution is -2.05. The molecule has 0 aliphatic heterocycles. The molecule has 12 heavy (non-hydrogen) atoms. The van der Waals surface area contributed by atoms with Crippen molar-refractivity contribution in [2.24, 2.45) is 0 Å².